The van der Waals surface area contributed by atoms with Crippen LogP contribution in [-0.4, -0.2) is 19.4 Å². The van der Waals surface area contributed by atoms with Gasteiger partial charge in [-0.2, -0.15) is 5.26 Å². The zero-order valence-corrected chi connectivity index (χ0v) is 11.4. The summed E-state index contributed by atoms with van der Waals surface area (Å²) in [6.07, 6.45) is 5.77. The SMILES string of the molecule is CN(CC(=O)C1CCCCC1)c1ccc(C#N)cc1. The van der Waals surface area contributed by atoms with Gasteiger partial charge in [0.1, 0.15) is 0 Å². The van der Waals surface area contributed by atoms with Crippen LogP contribution in [0.25, 0.3) is 0 Å². The van der Waals surface area contributed by atoms with Crippen molar-refractivity contribution in [2.24, 2.45) is 5.92 Å². The van der Waals surface area contributed by atoms with Gasteiger partial charge in [0.25, 0.3) is 0 Å². The molecule has 100 valence electrons. The van der Waals surface area contributed by atoms with E-state index in [1.165, 1.54) is 19.3 Å². The van der Waals surface area contributed by atoms with Gasteiger partial charge in [-0.25, -0.2) is 0 Å². The van der Waals surface area contributed by atoms with Crippen LogP contribution in [0.2, 0.25) is 0 Å². The predicted octanol–water partition coefficient (Wildman–Crippen LogP) is 3.14. The van der Waals surface area contributed by atoms with E-state index in [1.54, 1.807) is 12.1 Å². The Balaban J connectivity index is 1.93. The zero-order valence-electron chi connectivity index (χ0n) is 11.4. The van der Waals surface area contributed by atoms with Gasteiger partial charge in [0.15, 0.2) is 5.78 Å². The molecule has 0 bridgehead atoms. The lowest BCUT2D eigenvalue weighted by Crippen LogP contribution is -2.31. The first-order valence-electron chi connectivity index (χ1n) is 6.94. The molecule has 1 aliphatic rings. The van der Waals surface area contributed by atoms with E-state index in [9.17, 15) is 4.79 Å². The van der Waals surface area contributed by atoms with E-state index in [4.69, 9.17) is 5.26 Å². The second-order valence-corrected chi connectivity index (χ2v) is 5.32. The average Bonchev–Trinajstić information content (AvgIpc) is 2.48. The second kappa shape index (κ2) is 6.38. The van der Waals surface area contributed by atoms with Gasteiger partial charge in [-0.1, -0.05) is 19.3 Å². The Morgan fingerprint density at radius 3 is 2.47 bits per heavy atom. The second-order valence-electron chi connectivity index (χ2n) is 5.32. The van der Waals surface area contributed by atoms with Crippen molar-refractivity contribution in [3.05, 3.63) is 29.8 Å². The van der Waals surface area contributed by atoms with Crippen LogP contribution in [0.3, 0.4) is 0 Å². The van der Waals surface area contributed by atoms with Crippen molar-refractivity contribution in [3.63, 3.8) is 0 Å². The molecule has 3 heteroatoms. The number of carbonyl (C=O) groups excluding carboxylic acids is 1. The molecule has 0 heterocycles. The minimum absolute atomic E-state index is 0.259. The van der Waals surface area contributed by atoms with E-state index in [-0.39, 0.29) is 5.92 Å². The normalized spacial score (nSPS) is 15.8. The summed E-state index contributed by atoms with van der Waals surface area (Å²) in [5, 5.41) is 8.76. The minimum atomic E-state index is 0.259. The Morgan fingerprint density at radius 2 is 1.89 bits per heavy atom. The van der Waals surface area contributed by atoms with Crippen molar-refractivity contribution in [2.45, 2.75) is 32.1 Å². The highest BCUT2D eigenvalue weighted by Crippen LogP contribution is 2.25. The number of nitriles is 1. The number of Topliss-reactive ketones (excluding diaryl/α,β-unsaturated/α-hetero) is 1. The molecule has 0 radical (unpaired) electrons. The molecule has 1 saturated carbocycles. The summed E-state index contributed by atoms with van der Waals surface area (Å²) in [6.45, 7) is 0.469. The fourth-order valence-corrected chi connectivity index (χ4v) is 2.67. The summed E-state index contributed by atoms with van der Waals surface area (Å²) in [5.41, 5.74) is 1.64. The fraction of sp³-hybridized carbons (Fsp3) is 0.500. The molecule has 0 N–H and O–H groups in total. The molecule has 0 saturated heterocycles. The number of rotatable bonds is 4. The van der Waals surface area contributed by atoms with Gasteiger partial charge in [0.05, 0.1) is 18.2 Å². The van der Waals surface area contributed by atoms with Crippen LogP contribution in [0, 0.1) is 17.2 Å². The molecule has 2 rings (SSSR count). The maximum absolute atomic E-state index is 12.2. The largest absolute Gasteiger partial charge is 0.367 e. The van der Waals surface area contributed by atoms with Crippen LogP contribution in [0.5, 0.6) is 0 Å². The van der Waals surface area contributed by atoms with Crippen LogP contribution < -0.4 is 4.90 Å². The molecule has 1 aliphatic carbocycles. The molecule has 1 aromatic rings. The molecule has 1 fully saturated rings. The van der Waals surface area contributed by atoms with Gasteiger partial charge >= 0.3 is 0 Å². The number of anilines is 1. The number of nitrogens with zero attached hydrogens (tertiary/aromatic N) is 2. The quantitative estimate of drug-likeness (QED) is 0.831. The molecule has 0 aliphatic heterocycles. The summed E-state index contributed by atoms with van der Waals surface area (Å²) < 4.78 is 0. The molecule has 1 aromatic carbocycles. The first-order valence-corrected chi connectivity index (χ1v) is 6.94. The van der Waals surface area contributed by atoms with Crippen molar-refractivity contribution in [2.75, 3.05) is 18.5 Å². The third-order valence-electron chi connectivity index (χ3n) is 3.89. The van der Waals surface area contributed by atoms with Crippen LogP contribution >= 0.6 is 0 Å². The summed E-state index contributed by atoms with van der Waals surface area (Å²) in [5.74, 6) is 0.612. The van der Waals surface area contributed by atoms with Gasteiger partial charge in [-0.15, -0.1) is 0 Å². The van der Waals surface area contributed by atoms with Crippen molar-refractivity contribution in [1.29, 1.82) is 5.26 Å². The zero-order chi connectivity index (χ0) is 13.7. The number of ketones is 1. The molecule has 0 atom stereocenters. The molecule has 0 unspecified atom stereocenters. The Labute approximate surface area is 114 Å². The van der Waals surface area contributed by atoms with Crippen LogP contribution in [-0.2, 0) is 4.79 Å². The molecular weight excluding hydrogens is 236 g/mol. The Morgan fingerprint density at radius 1 is 1.26 bits per heavy atom. The maximum Gasteiger partial charge on any atom is 0.155 e. The molecule has 0 spiro atoms. The monoisotopic (exact) mass is 256 g/mol. The highest BCUT2D eigenvalue weighted by atomic mass is 16.1. The lowest BCUT2D eigenvalue weighted by molar-refractivity contribution is -0.122. The topological polar surface area (TPSA) is 44.1 Å². The van der Waals surface area contributed by atoms with Crippen LogP contribution in [0.4, 0.5) is 5.69 Å². The first-order chi connectivity index (χ1) is 9.20. The molecular formula is C16H20N2O. The smallest absolute Gasteiger partial charge is 0.155 e. The van der Waals surface area contributed by atoms with Crippen molar-refractivity contribution < 1.29 is 4.79 Å². The van der Waals surface area contributed by atoms with Gasteiger partial charge in [0.2, 0.25) is 0 Å². The van der Waals surface area contributed by atoms with Gasteiger partial charge < -0.3 is 4.90 Å². The van der Waals surface area contributed by atoms with Crippen molar-refractivity contribution >= 4 is 11.5 Å². The molecule has 19 heavy (non-hydrogen) atoms. The summed E-state index contributed by atoms with van der Waals surface area (Å²) >= 11 is 0. The Bertz CT molecular complexity index is 467. The van der Waals surface area contributed by atoms with E-state index in [0.29, 0.717) is 17.9 Å². The van der Waals surface area contributed by atoms with Gasteiger partial charge in [-0.05, 0) is 37.1 Å². The molecule has 0 amide bonds. The van der Waals surface area contributed by atoms with Crippen LogP contribution in [0.1, 0.15) is 37.7 Å². The first kappa shape index (κ1) is 13.6. The third-order valence-corrected chi connectivity index (χ3v) is 3.89. The van der Waals surface area contributed by atoms with Crippen molar-refractivity contribution in [1.82, 2.24) is 0 Å². The van der Waals surface area contributed by atoms with E-state index < -0.39 is 0 Å². The van der Waals surface area contributed by atoms with E-state index in [0.717, 1.165) is 18.5 Å². The number of hydrogen-bond donors (Lipinski definition) is 0. The molecule has 0 aromatic heterocycles. The third kappa shape index (κ3) is 3.57. The minimum Gasteiger partial charge on any atom is -0.367 e. The maximum atomic E-state index is 12.2. The van der Waals surface area contributed by atoms with Gasteiger partial charge in [-0.3, -0.25) is 4.79 Å². The molecule has 3 nitrogen and oxygen atoms in total. The van der Waals surface area contributed by atoms with Crippen molar-refractivity contribution in [3.8, 4) is 6.07 Å². The van der Waals surface area contributed by atoms with E-state index in [1.807, 2.05) is 24.1 Å². The number of carbonyl (C=O) groups is 1. The highest BCUT2D eigenvalue weighted by Gasteiger charge is 2.21. The fourth-order valence-electron chi connectivity index (χ4n) is 2.67. The van der Waals surface area contributed by atoms with Crippen LogP contribution in [0.15, 0.2) is 24.3 Å². The lowest BCUT2D eigenvalue weighted by atomic mass is 9.86. The lowest BCUT2D eigenvalue weighted by Gasteiger charge is -2.24. The summed E-state index contributed by atoms with van der Waals surface area (Å²) in [7, 11) is 1.93. The summed E-state index contributed by atoms with van der Waals surface area (Å²) in [4.78, 5) is 14.2. The highest BCUT2D eigenvalue weighted by molar-refractivity contribution is 5.85. The number of benzene rings is 1. The number of hydrogen-bond acceptors (Lipinski definition) is 3. The number of likely N-dealkylation sites (N-methyl/N-ethyl adjacent to an activating group) is 1. The Hall–Kier alpha value is -1.82. The predicted molar refractivity (Wildman–Crippen MR) is 76.0 cm³/mol. The van der Waals surface area contributed by atoms with E-state index in [2.05, 4.69) is 6.07 Å². The average molecular weight is 256 g/mol. The van der Waals surface area contributed by atoms with E-state index >= 15 is 0 Å². The summed E-state index contributed by atoms with van der Waals surface area (Å²) in [6, 6.07) is 9.47. The Kier molecular flexibility index (Phi) is 4.57. The standard InChI is InChI=1S/C16H20N2O/c1-18(15-9-7-13(11-17)8-10-15)12-16(19)14-5-3-2-4-6-14/h7-10,14H,2-6,12H2,1H3. The van der Waals surface area contributed by atoms with Gasteiger partial charge in [0, 0.05) is 18.7 Å².